The minimum Gasteiger partial charge on any atom is -0.340 e. The van der Waals surface area contributed by atoms with Crippen LogP contribution in [0.4, 0.5) is 0 Å². The van der Waals surface area contributed by atoms with E-state index in [-0.39, 0.29) is 36.6 Å². The van der Waals surface area contributed by atoms with Crippen molar-refractivity contribution in [3.05, 3.63) is 35.4 Å². The molecule has 0 N–H and O–H groups in total. The number of carbonyl (C=O) groups is 3. The van der Waals surface area contributed by atoms with E-state index in [0.29, 0.717) is 26.2 Å². The molecule has 7 heteroatoms. The van der Waals surface area contributed by atoms with Crippen LogP contribution >= 0.6 is 0 Å². The molecule has 3 rings (SSSR count). The number of rotatable bonds is 6. The van der Waals surface area contributed by atoms with Gasteiger partial charge in [0.05, 0.1) is 5.41 Å². The molecule has 0 saturated carbocycles. The van der Waals surface area contributed by atoms with Crippen molar-refractivity contribution in [1.82, 2.24) is 19.6 Å². The van der Waals surface area contributed by atoms with E-state index >= 15 is 0 Å². The minimum atomic E-state index is -1.11. The predicted octanol–water partition coefficient (Wildman–Crippen LogP) is 1.11. The molecule has 0 unspecified atom stereocenters. The Morgan fingerprint density at radius 1 is 1.20 bits per heavy atom. The highest BCUT2D eigenvalue weighted by Crippen LogP contribution is 2.41. The van der Waals surface area contributed by atoms with Crippen LogP contribution < -0.4 is 0 Å². The highest BCUT2D eigenvalue weighted by molar-refractivity contribution is 6.11. The molecule has 30 heavy (non-hydrogen) atoms. The second-order valence-electron chi connectivity index (χ2n) is 9.07. The van der Waals surface area contributed by atoms with Gasteiger partial charge in [-0.15, -0.1) is 0 Å². The molecular formula is C23H34N4O3. The molecule has 0 radical (unpaired) electrons. The van der Waals surface area contributed by atoms with Gasteiger partial charge in [-0.25, -0.2) is 0 Å². The Morgan fingerprint density at radius 3 is 2.53 bits per heavy atom. The van der Waals surface area contributed by atoms with Crippen LogP contribution in [-0.2, 0) is 19.8 Å². The third kappa shape index (κ3) is 4.27. The van der Waals surface area contributed by atoms with Crippen LogP contribution in [-0.4, -0.2) is 97.2 Å². The summed E-state index contributed by atoms with van der Waals surface area (Å²) in [4.78, 5) is 47.3. The summed E-state index contributed by atoms with van der Waals surface area (Å²) in [6.45, 7) is 7.10. The van der Waals surface area contributed by atoms with E-state index in [1.807, 2.05) is 55.1 Å². The van der Waals surface area contributed by atoms with Crippen molar-refractivity contribution < 1.29 is 14.4 Å². The summed E-state index contributed by atoms with van der Waals surface area (Å²) in [5.41, 5.74) is 0.622. The molecule has 2 fully saturated rings. The summed E-state index contributed by atoms with van der Waals surface area (Å²) < 4.78 is 0. The molecular weight excluding hydrogens is 380 g/mol. The number of aryl methyl sites for hydroxylation is 1. The molecule has 1 aromatic carbocycles. The lowest BCUT2D eigenvalue weighted by atomic mass is 9.74. The molecule has 1 aromatic rings. The zero-order valence-corrected chi connectivity index (χ0v) is 18.9. The lowest BCUT2D eigenvalue weighted by Crippen LogP contribution is -2.53. The molecule has 2 aliphatic rings. The normalized spacial score (nSPS) is 25.5. The highest BCUT2D eigenvalue weighted by atomic mass is 16.2. The summed E-state index contributed by atoms with van der Waals surface area (Å²) >= 11 is 0. The first-order valence-electron chi connectivity index (χ1n) is 10.7. The highest BCUT2D eigenvalue weighted by Gasteiger charge is 2.54. The lowest BCUT2D eigenvalue weighted by Gasteiger charge is -2.39. The van der Waals surface area contributed by atoms with Gasteiger partial charge in [-0.1, -0.05) is 24.3 Å². The van der Waals surface area contributed by atoms with E-state index in [0.717, 1.165) is 17.7 Å². The average Bonchev–Trinajstić information content (AvgIpc) is 2.92. The molecule has 0 spiro atoms. The Balaban J connectivity index is 1.92. The van der Waals surface area contributed by atoms with E-state index in [1.165, 1.54) is 4.90 Å². The zero-order valence-electron chi connectivity index (χ0n) is 18.9. The van der Waals surface area contributed by atoms with Crippen molar-refractivity contribution in [2.24, 2.45) is 0 Å². The molecule has 2 heterocycles. The largest absolute Gasteiger partial charge is 0.340 e. The molecule has 0 bridgehead atoms. The number of hydrogen-bond donors (Lipinski definition) is 0. The van der Waals surface area contributed by atoms with Gasteiger partial charge >= 0.3 is 0 Å². The standard InChI is InChI=1S/C23H34N4O3/c1-17-8-6-7-9-19(17)23(14-20(28)26-12-11-25(5)18(2)16-26)15-21(29)27(22(23)30)13-10-24(3)4/h6-9,18H,10-16H2,1-5H3/t18-,23+/m1/s1. The first-order valence-corrected chi connectivity index (χ1v) is 10.7. The quantitative estimate of drug-likeness (QED) is 0.653. The Morgan fingerprint density at radius 2 is 1.90 bits per heavy atom. The number of piperazine rings is 1. The lowest BCUT2D eigenvalue weighted by molar-refractivity contribution is -0.143. The topological polar surface area (TPSA) is 64.2 Å². The van der Waals surface area contributed by atoms with Gasteiger partial charge in [0.15, 0.2) is 0 Å². The van der Waals surface area contributed by atoms with Crippen molar-refractivity contribution in [2.45, 2.75) is 38.1 Å². The first kappa shape index (κ1) is 22.4. The van der Waals surface area contributed by atoms with Crippen molar-refractivity contribution in [2.75, 3.05) is 53.9 Å². The van der Waals surface area contributed by atoms with Crippen molar-refractivity contribution in [3.8, 4) is 0 Å². The van der Waals surface area contributed by atoms with E-state index in [1.54, 1.807) is 0 Å². The molecule has 3 amide bonds. The van der Waals surface area contributed by atoms with Gasteiger partial charge < -0.3 is 14.7 Å². The number of carbonyl (C=O) groups excluding carboxylic acids is 3. The third-order valence-electron chi connectivity index (χ3n) is 6.61. The van der Waals surface area contributed by atoms with E-state index in [9.17, 15) is 14.4 Å². The number of hydrogen-bond acceptors (Lipinski definition) is 5. The second-order valence-corrected chi connectivity index (χ2v) is 9.07. The Hall–Kier alpha value is -2.25. The number of amides is 3. The first-order chi connectivity index (χ1) is 14.2. The van der Waals surface area contributed by atoms with Gasteiger partial charge in [-0.2, -0.15) is 0 Å². The van der Waals surface area contributed by atoms with Crippen molar-refractivity contribution >= 4 is 17.7 Å². The molecule has 164 valence electrons. The summed E-state index contributed by atoms with van der Waals surface area (Å²) in [6.07, 6.45) is 0.0937. The maximum absolute atomic E-state index is 13.6. The molecule has 7 nitrogen and oxygen atoms in total. The van der Waals surface area contributed by atoms with Gasteiger partial charge in [-0.3, -0.25) is 19.3 Å². The summed E-state index contributed by atoms with van der Waals surface area (Å²) in [5.74, 6) is -0.474. The van der Waals surface area contributed by atoms with E-state index < -0.39 is 5.41 Å². The predicted molar refractivity (Wildman–Crippen MR) is 116 cm³/mol. The van der Waals surface area contributed by atoms with Crippen LogP contribution in [0, 0.1) is 6.92 Å². The number of likely N-dealkylation sites (N-methyl/N-ethyl adjacent to an activating group) is 2. The number of benzene rings is 1. The molecule has 2 atom stereocenters. The SMILES string of the molecule is Cc1ccccc1[C@]1(CC(=O)N2CCN(C)[C@H](C)C2)CC(=O)N(CCN(C)C)C1=O. The number of nitrogens with zero attached hydrogens (tertiary/aromatic N) is 4. The maximum Gasteiger partial charge on any atom is 0.240 e. The molecule has 0 aromatic heterocycles. The fraction of sp³-hybridized carbons (Fsp3) is 0.609. The third-order valence-corrected chi connectivity index (χ3v) is 6.61. The van der Waals surface area contributed by atoms with E-state index in [4.69, 9.17) is 0 Å². The molecule has 0 aliphatic carbocycles. The average molecular weight is 415 g/mol. The Kier molecular flexibility index (Phi) is 6.62. The Labute approximate surface area is 179 Å². The fourth-order valence-corrected chi connectivity index (χ4v) is 4.53. The van der Waals surface area contributed by atoms with Crippen molar-refractivity contribution in [1.29, 1.82) is 0 Å². The van der Waals surface area contributed by atoms with E-state index in [2.05, 4.69) is 18.9 Å². The van der Waals surface area contributed by atoms with Gasteiger partial charge in [0, 0.05) is 51.6 Å². The maximum atomic E-state index is 13.6. The number of imide groups is 1. The second kappa shape index (κ2) is 8.86. The molecule has 2 saturated heterocycles. The fourth-order valence-electron chi connectivity index (χ4n) is 4.53. The molecule has 2 aliphatic heterocycles. The summed E-state index contributed by atoms with van der Waals surface area (Å²) in [6, 6.07) is 7.92. The minimum absolute atomic E-state index is 0.0390. The van der Waals surface area contributed by atoms with Gasteiger partial charge in [-0.05, 0) is 46.1 Å². The monoisotopic (exact) mass is 414 g/mol. The van der Waals surface area contributed by atoms with Crippen LogP contribution in [0.25, 0.3) is 0 Å². The smallest absolute Gasteiger partial charge is 0.240 e. The van der Waals surface area contributed by atoms with Gasteiger partial charge in [0.2, 0.25) is 17.7 Å². The van der Waals surface area contributed by atoms with Crippen LogP contribution in [0.5, 0.6) is 0 Å². The van der Waals surface area contributed by atoms with Gasteiger partial charge in [0.1, 0.15) is 0 Å². The van der Waals surface area contributed by atoms with Crippen molar-refractivity contribution in [3.63, 3.8) is 0 Å². The Bertz CT molecular complexity index is 824. The van der Waals surface area contributed by atoms with Crippen LogP contribution in [0.15, 0.2) is 24.3 Å². The number of likely N-dealkylation sites (tertiary alicyclic amines) is 1. The zero-order chi connectivity index (χ0) is 22.1. The van der Waals surface area contributed by atoms with Crippen LogP contribution in [0.3, 0.4) is 0 Å². The van der Waals surface area contributed by atoms with Crippen LogP contribution in [0.1, 0.15) is 30.9 Å². The summed E-state index contributed by atoms with van der Waals surface area (Å²) in [7, 11) is 5.89. The summed E-state index contributed by atoms with van der Waals surface area (Å²) in [5, 5.41) is 0. The van der Waals surface area contributed by atoms with Crippen LogP contribution in [0.2, 0.25) is 0 Å². The van der Waals surface area contributed by atoms with Gasteiger partial charge in [0.25, 0.3) is 0 Å².